The quantitative estimate of drug-likeness (QED) is 0.329. The molecule has 162 valence electrons. The highest BCUT2D eigenvalue weighted by Gasteiger charge is 2.32. The van der Waals surface area contributed by atoms with Gasteiger partial charge in [-0.1, -0.05) is 26.0 Å². The van der Waals surface area contributed by atoms with Crippen LogP contribution in [0.1, 0.15) is 46.6 Å². The van der Waals surface area contributed by atoms with Crippen molar-refractivity contribution in [1.29, 1.82) is 0 Å². The van der Waals surface area contributed by atoms with Crippen LogP contribution in [0.15, 0.2) is 18.2 Å². The second kappa shape index (κ2) is 10.8. The van der Waals surface area contributed by atoms with Gasteiger partial charge in [0.15, 0.2) is 11.5 Å². The van der Waals surface area contributed by atoms with E-state index >= 15 is 0 Å². The van der Waals surface area contributed by atoms with Crippen LogP contribution in [0.25, 0.3) is 0 Å². The van der Waals surface area contributed by atoms with E-state index in [0.717, 1.165) is 18.5 Å². The SMILES string of the molecule is CCOC(=O)CCN(CC(C)C)SNCC(=O)Oc1cccc2c1OC(C)(C)C2. The molecular weight excluding hydrogens is 392 g/mol. The Morgan fingerprint density at radius 3 is 2.76 bits per heavy atom. The lowest BCUT2D eigenvalue weighted by Crippen LogP contribution is -2.31. The minimum absolute atomic E-state index is 0.0335. The van der Waals surface area contributed by atoms with Crippen LogP contribution in [0, 0.1) is 5.92 Å². The van der Waals surface area contributed by atoms with Gasteiger partial charge in [-0.25, -0.2) is 9.03 Å². The summed E-state index contributed by atoms with van der Waals surface area (Å²) in [6, 6.07) is 5.60. The smallest absolute Gasteiger partial charge is 0.326 e. The summed E-state index contributed by atoms with van der Waals surface area (Å²) in [6.45, 7) is 11.7. The zero-order valence-electron chi connectivity index (χ0n) is 17.9. The largest absolute Gasteiger partial charge is 0.483 e. The number of hydrogen-bond donors (Lipinski definition) is 1. The molecule has 0 unspecified atom stereocenters. The molecule has 0 fully saturated rings. The van der Waals surface area contributed by atoms with E-state index in [4.69, 9.17) is 14.2 Å². The standard InChI is InChI=1S/C21H32N2O5S/c1-6-26-18(24)10-11-23(14-15(2)3)29-22-13-19(25)27-17-9-7-8-16-12-21(4,5)28-20(16)17/h7-9,15,22H,6,10-14H2,1-5H3. The third-order valence-corrected chi connectivity index (χ3v) is 4.99. The molecule has 1 aliphatic rings. The maximum Gasteiger partial charge on any atom is 0.326 e. The lowest BCUT2D eigenvalue weighted by Gasteiger charge is -2.22. The van der Waals surface area contributed by atoms with Crippen LogP contribution < -0.4 is 14.2 Å². The monoisotopic (exact) mass is 424 g/mol. The Hall–Kier alpha value is -1.77. The van der Waals surface area contributed by atoms with Crippen LogP contribution in [-0.2, 0) is 20.7 Å². The maximum atomic E-state index is 12.3. The van der Waals surface area contributed by atoms with Crippen molar-refractivity contribution in [3.05, 3.63) is 23.8 Å². The summed E-state index contributed by atoms with van der Waals surface area (Å²) in [5, 5.41) is 0. The number of fused-ring (bicyclic) bond motifs is 1. The summed E-state index contributed by atoms with van der Waals surface area (Å²) in [7, 11) is 0. The lowest BCUT2D eigenvalue weighted by atomic mass is 10.0. The second-order valence-electron chi connectivity index (χ2n) is 8.01. The van der Waals surface area contributed by atoms with Crippen molar-refractivity contribution < 1.29 is 23.8 Å². The average Bonchev–Trinajstić information content (AvgIpc) is 2.94. The Morgan fingerprint density at radius 2 is 2.07 bits per heavy atom. The molecule has 7 nitrogen and oxygen atoms in total. The van der Waals surface area contributed by atoms with Gasteiger partial charge in [-0.05, 0) is 32.8 Å². The molecule has 0 saturated carbocycles. The fraction of sp³-hybridized carbons (Fsp3) is 0.619. The minimum Gasteiger partial charge on any atom is -0.483 e. The van der Waals surface area contributed by atoms with Crippen molar-refractivity contribution in [3.63, 3.8) is 0 Å². The first kappa shape index (κ1) is 23.5. The predicted octanol–water partition coefficient (Wildman–Crippen LogP) is 3.37. The summed E-state index contributed by atoms with van der Waals surface area (Å²) in [5.41, 5.74) is 0.750. The summed E-state index contributed by atoms with van der Waals surface area (Å²) in [6.07, 6.45) is 1.09. The zero-order chi connectivity index (χ0) is 21.4. The van der Waals surface area contributed by atoms with E-state index in [1.807, 2.05) is 30.3 Å². The fourth-order valence-corrected chi connectivity index (χ4v) is 3.96. The Kier molecular flexibility index (Phi) is 8.79. The lowest BCUT2D eigenvalue weighted by molar-refractivity contribution is -0.143. The second-order valence-corrected chi connectivity index (χ2v) is 8.99. The van der Waals surface area contributed by atoms with E-state index in [2.05, 4.69) is 18.6 Å². The van der Waals surface area contributed by atoms with Gasteiger partial charge < -0.3 is 14.2 Å². The van der Waals surface area contributed by atoms with Crippen molar-refractivity contribution in [1.82, 2.24) is 9.03 Å². The molecule has 0 amide bonds. The molecule has 1 heterocycles. The Bertz CT molecular complexity index is 708. The van der Waals surface area contributed by atoms with Crippen molar-refractivity contribution >= 4 is 24.1 Å². The summed E-state index contributed by atoms with van der Waals surface area (Å²) < 4.78 is 21.5. The summed E-state index contributed by atoms with van der Waals surface area (Å²) >= 11 is 1.32. The third kappa shape index (κ3) is 7.87. The molecule has 2 rings (SSSR count). The highest BCUT2D eigenvalue weighted by Crippen LogP contribution is 2.41. The Balaban J connectivity index is 1.82. The molecule has 1 N–H and O–H groups in total. The maximum absolute atomic E-state index is 12.3. The summed E-state index contributed by atoms with van der Waals surface area (Å²) in [4.78, 5) is 23.9. The molecule has 0 spiro atoms. The van der Waals surface area contributed by atoms with E-state index < -0.39 is 5.97 Å². The minimum atomic E-state index is -0.394. The van der Waals surface area contributed by atoms with E-state index in [-0.39, 0.29) is 18.1 Å². The van der Waals surface area contributed by atoms with Gasteiger partial charge in [0.25, 0.3) is 0 Å². The van der Waals surface area contributed by atoms with Crippen molar-refractivity contribution in [2.75, 3.05) is 26.2 Å². The molecule has 1 aromatic carbocycles. The topological polar surface area (TPSA) is 77.1 Å². The zero-order valence-corrected chi connectivity index (χ0v) is 18.8. The first-order chi connectivity index (χ1) is 13.7. The van der Waals surface area contributed by atoms with Crippen molar-refractivity contribution in [2.24, 2.45) is 5.92 Å². The van der Waals surface area contributed by atoms with Crippen LogP contribution in [0.5, 0.6) is 11.5 Å². The number of ether oxygens (including phenoxy) is 3. The van der Waals surface area contributed by atoms with Gasteiger partial charge in [-0.3, -0.25) is 9.59 Å². The molecule has 0 aliphatic carbocycles. The van der Waals surface area contributed by atoms with Crippen LogP contribution >= 0.6 is 12.1 Å². The number of hydrogen-bond acceptors (Lipinski definition) is 8. The first-order valence-electron chi connectivity index (χ1n) is 10.0. The molecule has 0 radical (unpaired) electrons. The number of carbonyl (C=O) groups is 2. The molecule has 1 aliphatic heterocycles. The van der Waals surface area contributed by atoms with E-state index in [9.17, 15) is 9.59 Å². The highest BCUT2D eigenvalue weighted by molar-refractivity contribution is 7.95. The fourth-order valence-electron chi connectivity index (χ4n) is 3.04. The number of nitrogens with one attached hydrogen (secondary N) is 1. The van der Waals surface area contributed by atoms with Crippen LogP contribution in [0.4, 0.5) is 0 Å². The normalized spacial score (nSPS) is 14.6. The van der Waals surface area contributed by atoms with Gasteiger partial charge in [-0.2, -0.15) is 0 Å². The van der Waals surface area contributed by atoms with Crippen LogP contribution in [0.2, 0.25) is 0 Å². The molecule has 0 bridgehead atoms. The van der Waals surface area contributed by atoms with Gasteiger partial charge >= 0.3 is 11.9 Å². The number of carbonyl (C=O) groups excluding carboxylic acids is 2. The molecule has 8 heteroatoms. The van der Waals surface area contributed by atoms with Crippen molar-refractivity contribution in [3.8, 4) is 11.5 Å². The highest BCUT2D eigenvalue weighted by atomic mass is 32.2. The first-order valence-corrected chi connectivity index (χ1v) is 10.8. The molecule has 1 aromatic rings. The van der Waals surface area contributed by atoms with E-state index in [1.54, 1.807) is 13.0 Å². The molecule has 0 atom stereocenters. The molecular formula is C21H32N2O5S. The molecule has 29 heavy (non-hydrogen) atoms. The molecule has 0 aromatic heterocycles. The Labute approximate surface area is 177 Å². The van der Waals surface area contributed by atoms with Gasteiger partial charge in [0.2, 0.25) is 0 Å². The van der Waals surface area contributed by atoms with Gasteiger partial charge in [0, 0.05) is 37.2 Å². The number of rotatable bonds is 11. The van der Waals surface area contributed by atoms with Gasteiger partial charge in [0.1, 0.15) is 12.1 Å². The van der Waals surface area contributed by atoms with Crippen LogP contribution in [0.3, 0.4) is 0 Å². The number of para-hydroxylation sites is 1. The Morgan fingerprint density at radius 1 is 1.31 bits per heavy atom. The average molecular weight is 425 g/mol. The van der Waals surface area contributed by atoms with Crippen molar-refractivity contribution in [2.45, 2.75) is 53.1 Å². The van der Waals surface area contributed by atoms with E-state index in [0.29, 0.717) is 37.0 Å². The van der Waals surface area contributed by atoms with Gasteiger partial charge in [0.05, 0.1) is 13.0 Å². The number of esters is 2. The molecule has 0 saturated heterocycles. The predicted molar refractivity (Wildman–Crippen MR) is 114 cm³/mol. The number of nitrogens with zero attached hydrogens (tertiary/aromatic N) is 1. The number of benzene rings is 1. The van der Waals surface area contributed by atoms with E-state index in [1.165, 1.54) is 12.1 Å². The van der Waals surface area contributed by atoms with Gasteiger partial charge in [-0.15, -0.1) is 0 Å². The third-order valence-electron chi connectivity index (χ3n) is 4.13. The van der Waals surface area contributed by atoms with Crippen LogP contribution in [-0.4, -0.2) is 48.1 Å². The summed E-state index contributed by atoms with van der Waals surface area (Å²) in [5.74, 6) is 0.905.